The number of hydrogen-bond acceptors (Lipinski definition) is 2. The second kappa shape index (κ2) is 9.75. The van der Waals surface area contributed by atoms with Crippen molar-refractivity contribution in [1.82, 2.24) is 5.32 Å². The van der Waals surface area contributed by atoms with Crippen molar-refractivity contribution in [2.24, 2.45) is 0 Å². The summed E-state index contributed by atoms with van der Waals surface area (Å²) in [6.07, 6.45) is 0.662. The molecule has 1 N–H and O–H groups in total. The largest absolute Gasteiger partial charge is 0.489 e. The van der Waals surface area contributed by atoms with Crippen LogP contribution in [-0.4, -0.2) is 6.54 Å². The van der Waals surface area contributed by atoms with E-state index in [1.165, 1.54) is 6.07 Å². The predicted octanol–water partition coefficient (Wildman–Crippen LogP) is 6.04. The SMILES string of the molecule is Fc1ccccc1CCNCc1ccc(OCc2ccc(Cl)cc2Cl)cc1. The van der Waals surface area contributed by atoms with E-state index in [1.807, 2.05) is 42.5 Å². The highest BCUT2D eigenvalue weighted by atomic mass is 35.5. The van der Waals surface area contributed by atoms with E-state index in [-0.39, 0.29) is 5.82 Å². The molecule has 0 amide bonds. The summed E-state index contributed by atoms with van der Waals surface area (Å²) in [5.41, 5.74) is 2.76. The van der Waals surface area contributed by atoms with Gasteiger partial charge in [-0.1, -0.05) is 59.6 Å². The summed E-state index contributed by atoms with van der Waals surface area (Å²) in [7, 11) is 0. The van der Waals surface area contributed by atoms with Gasteiger partial charge in [-0.05, 0) is 54.4 Å². The van der Waals surface area contributed by atoms with Crippen LogP contribution >= 0.6 is 23.2 Å². The second-order valence-corrected chi connectivity index (χ2v) is 7.03. The van der Waals surface area contributed by atoms with Gasteiger partial charge in [0.25, 0.3) is 0 Å². The van der Waals surface area contributed by atoms with Gasteiger partial charge in [0.15, 0.2) is 0 Å². The van der Waals surface area contributed by atoms with E-state index in [9.17, 15) is 4.39 Å². The van der Waals surface area contributed by atoms with Crippen LogP contribution in [0.25, 0.3) is 0 Å². The van der Waals surface area contributed by atoms with Crippen LogP contribution in [0, 0.1) is 5.82 Å². The molecule has 5 heteroatoms. The third-order valence-electron chi connectivity index (χ3n) is 4.19. The van der Waals surface area contributed by atoms with E-state index < -0.39 is 0 Å². The number of halogens is 3. The van der Waals surface area contributed by atoms with Gasteiger partial charge in [0, 0.05) is 22.2 Å². The molecule has 0 unspecified atom stereocenters. The molecule has 3 rings (SSSR count). The minimum absolute atomic E-state index is 0.151. The number of benzene rings is 3. The van der Waals surface area contributed by atoms with Crippen LogP contribution in [0.2, 0.25) is 10.0 Å². The molecule has 0 radical (unpaired) electrons. The molecule has 0 aromatic heterocycles. The van der Waals surface area contributed by atoms with Crippen molar-refractivity contribution < 1.29 is 9.13 Å². The normalized spacial score (nSPS) is 10.8. The van der Waals surface area contributed by atoms with Gasteiger partial charge in [0.1, 0.15) is 18.2 Å². The summed E-state index contributed by atoms with van der Waals surface area (Å²) in [6, 6.07) is 20.1. The predicted molar refractivity (Wildman–Crippen MR) is 109 cm³/mol. The van der Waals surface area contributed by atoms with Gasteiger partial charge in [-0.2, -0.15) is 0 Å². The summed E-state index contributed by atoms with van der Waals surface area (Å²) >= 11 is 12.0. The topological polar surface area (TPSA) is 21.3 Å². The van der Waals surface area contributed by atoms with Gasteiger partial charge >= 0.3 is 0 Å². The molecule has 0 aliphatic heterocycles. The maximum atomic E-state index is 13.6. The molecule has 0 heterocycles. The van der Waals surface area contributed by atoms with Gasteiger partial charge in [-0.3, -0.25) is 0 Å². The first kappa shape index (κ1) is 19.7. The molecule has 27 heavy (non-hydrogen) atoms. The molecule has 0 spiro atoms. The van der Waals surface area contributed by atoms with Crippen molar-refractivity contribution >= 4 is 23.2 Å². The van der Waals surface area contributed by atoms with Crippen LogP contribution in [0.5, 0.6) is 5.75 Å². The molecular formula is C22H20Cl2FNO. The Morgan fingerprint density at radius 3 is 2.41 bits per heavy atom. The quantitative estimate of drug-likeness (QED) is 0.462. The Morgan fingerprint density at radius 2 is 1.67 bits per heavy atom. The van der Waals surface area contributed by atoms with Crippen molar-refractivity contribution in [3.05, 3.63) is 99.3 Å². The van der Waals surface area contributed by atoms with E-state index in [4.69, 9.17) is 27.9 Å². The van der Waals surface area contributed by atoms with Gasteiger partial charge < -0.3 is 10.1 Å². The van der Waals surface area contributed by atoms with E-state index in [1.54, 1.807) is 18.2 Å². The lowest BCUT2D eigenvalue weighted by atomic mass is 10.1. The Kier molecular flexibility index (Phi) is 7.11. The zero-order valence-electron chi connectivity index (χ0n) is 14.7. The fourth-order valence-electron chi connectivity index (χ4n) is 2.66. The molecule has 3 aromatic carbocycles. The molecule has 0 aliphatic carbocycles. The third kappa shape index (κ3) is 5.96. The molecule has 0 fully saturated rings. The summed E-state index contributed by atoms with van der Waals surface area (Å²) in [4.78, 5) is 0. The van der Waals surface area contributed by atoms with Gasteiger partial charge in [-0.15, -0.1) is 0 Å². The fraction of sp³-hybridized carbons (Fsp3) is 0.182. The average Bonchev–Trinajstić information content (AvgIpc) is 2.67. The molecule has 2 nitrogen and oxygen atoms in total. The highest BCUT2D eigenvalue weighted by Crippen LogP contribution is 2.23. The van der Waals surface area contributed by atoms with Crippen LogP contribution in [0.1, 0.15) is 16.7 Å². The first-order chi connectivity index (χ1) is 13.1. The minimum Gasteiger partial charge on any atom is -0.489 e. The zero-order chi connectivity index (χ0) is 19.1. The Labute approximate surface area is 168 Å². The molecule has 140 valence electrons. The van der Waals surface area contributed by atoms with Crippen LogP contribution in [0.3, 0.4) is 0 Å². The monoisotopic (exact) mass is 403 g/mol. The number of nitrogens with one attached hydrogen (secondary N) is 1. The lowest BCUT2D eigenvalue weighted by molar-refractivity contribution is 0.306. The molecule has 0 saturated heterocycles. The van der Waals surface area contributed by atoms with Crippen molar-refractivity contribution in [2.75, 3.05) is 6.54 Å². The Balaban J connectivity index is 1.44. The summed E-state index contributed by atoms with van der Waals surface area (Å²) < 4.78 is 19.3. The standard InChI is InChI=1S/C22H20Cl2FNO/c23-19-8-7-18(21(24)13-19)15-27-20-9-5-16(6-10-20)14-26-12-11-17-3-1-2-4-22(17)25/h1-10,13,26H,11-12,14-15H2. The Hall–Kier alpha value is -2.07. The molecule has 0 saturated carbocycles. The average molecular weight is 404 g/mol. The number of ether oxygens (including phenoxy) is 1. The van der Waals surface area contributed by atoms with E-state index >= 15 is 0 Å². The fourth-order valence-corrected chi connectivity index (χ4v) is 3.12. The number of hydrogen-bond donors (Lipinski definition) is 1. The van der Waals surface area contributed by atoms with Gasteiger partial charge in [-0.25, -0.2) is 4.39 Å². The smallest absolute Gasteiger partial charge is 0.126 e. The van der Waals surface area contributed by atoms with Crippen molar-refractivity contribution in [3.63, 3.8) is 0 Å². The van der Waals surface area contributed by atoms with Gasteiger partial charge in [0.05, 0.1) is 0 Å². The molecule has 3 aromatic rings. The highest BCUT2D eigenvalue weighted by Gasteiger charge is 2.03. The third-order valence-corrected chi connectivity index (χ3v) is 4.78. The molecule has 0 aliphatic rings. The van der Waals surface area contributed by atoms with Crippen LogP contribution in [-0.2, 0) is 19.6 Å². The van der Waals surface area contributed by atoms with E-state index in [0.29, 0.717) is 29.6 Å². The molecular weight excluding hydrogens is 384 g/mol. The zero-order valence-corrected chi connectivity index (χ0v) is 16.2. The molecule has 0 atom stereocenters. The van der Waals surface area contributed by atoms with Gasteiger partial charge in [0.2, 0.25) is 0 Å². The first-order valence-corrected chi connectivity index (χ1v) is 9.47. The Morgan fingerprint density at radius 1 is 0.889 bits per heavy atom. The molecule has 0 bridgehead atoms. The maximum absolute atomic E-state index is 13.6. The number of rotatable bonds is 8. The lowest BCUT2D eigenvalue weighted by Gasteiger charge is -2.10. The first-order valence-electron chi connectivity index (χ1n) is 8.71. The second-order valence-electron chi connectivity index (χ2n) is 6.19. The van der Waals surface area contributed by atoms with Crippen molar-refractivity contribution in [3.8, 4) is 5.75 Å². The summed E-state index contributed by atoms with van der Waals surface area (Å²) in [5, 5.41) is 4.53. The lowest BCUT2D eigenvalue weighted by Crippen LogP contribution is -2.17. The van der Waals surface area contributed by atoms with Crippen molar-refractivity contribution in [1.29, 1.82) is 0 Å². The van der Waals surface area contributed by atoms with Crippen LogP contribution < -0.4 is 10.1 Å². The summed E-state index contributed by atoms with van der Waals surface area (Å²) in [5.74, 6) is 0.623. The Bertz CT molecular complexity index is 884. The minimum atomic E-state index is -0.151. The maximum Gasteiger partial charge on any atom is 0.126 e. The van der Waals surface area contributed by atoms with Crippen LogP contribution in [0.4, 0.5) is 4.39 Å². The van der Waals surface area contributed by atoms with Crippen molar-refractivity contribution in [2.45, 2.75) is 19.6 Å². The summed E-state index contributed by atoms with van der Waals surface area (Å²) in [6.45, 7) is 1.82. The van der Waals surface area contributed by atoms with E-state index in [2.05, 4.69) is 5.32 Å². The van der Waals surface area contributed by atoms with E-state index in [0.717, 1.165) is 29.0 Å². The highest BCUT2D eigenvalue weighted by molar-refractivity contribution is 6.35. The van der Waals surface area contributed by atoms with Crippen LogP contribution in [0.15, 0.2) is 66.7 Å².